The molecule has 402 valence electrons. The second kappa shape index (κ2) is 25.4. The highest BCUT2D eigenvalue weighted by atomic mass is 19.1. The predicted octanol–water partition coefficient (Wildman–Crippen LogP) is 4.89. The quantitative estimate of drug-likeness (QED) is 0.0409. The van der Waals surface area contributed by atoms with Crippen LogP contribution in [0.25, 0.3) is 10.9 Å². The highest BCUT2D eigenvalue weighted by Crippen LogP contribution is 2.33. The number of piperidine rings is 1. The number of hydrogen-bond acceptors (Lipinski definition) is 15. The number of aromatic amines is 1. The number of amides is 6. The highest BCUT2D eigenvalue weighted by molar-refractivity contribution is 6.25. The van der Waals surface area contributed by atoms with E-state index in [1.807, 2.05) is 35.2 Å². The smallest absolute Gasteiger partial charge is 0.264 e. The number of H-pyrrole nitrogens is 1. The zero-order valence-corrected chi connectivity index (χ0v) is 42.0. The number of hydrogen-bond donors (Lipinski definition) is 5. The first-order valence-electron chi connectivity index (χ1n) is 25.6. The van der Waals surface area contributed by atoms with Crippen molar-refractivity contribution in [1.29, 1.82) is 0 Å². The Balaban J connectivity index is 0.644. The molecule has 22 heteroatoms. The molecule has 6 amide bonds. The minimum Gasteiger partial charge on any atom is -0.382 e. The van der Waals surface area contributed by atoms with Gasteiger partial charge in [0, 0.05) is 86.9 Å². The Kier molecular flexibility index (Phi) is 17.9. The van der Waals surface area contributed by atoms with Gasteiger partial charge in [0.15, 0.2) is 5.82 Å². The van der Waals surface area contributed by atoms with Crippen molar-refractivity contribution in [3.63, 3.8) is 0 Å². The van der Waals surface area contributed by atoms with Crippen LogP contribution in [-0.4, -0.2) is 166 Å². The molecule has 5 heterocycles. The van der Waals surface area contributed by atoms with Gasteiger partial charge in [0.05, 0.1) is 81.5 Å². The van der Waals surface area contributed by atoms with Gasteiger partial charge in [0.1, 0.15) is 17.7 Å². The lowest BCUT2D eigenvalue weighted by Crippen LogP contribution is -2.54. The molecule has 5 N–H and O–H groups in total. The number of nitrogens with zero attached hydrogens (tertiary/aromatic N) is 4. The molecule has 5 aromatic rings. The van der Waals surface area contributed by atoms with E-state index in [1.54, 1.807) is 24.3 Å². The summed E-state index contributed by atoms with van der Waals surface area (Å²) in [6.07, 6.45) is 2.24. The zero-order chi connectivity index (χ0) is 53.0. The largest absolute Gasteiger partial charge is 0.382 e. The van der Waals surface area contributed by atoms with Crippen molar-refractivity contribution in [3.05, 3.63) is 112 Å². The number of piperazine rings is 1. The molecule has 0 bridgehead atoms. The van der Waals surface area contributed by atoms with E-state index in [9.17, 15) is 37.5 Å². The van der Waals surface area contributed by atoms with Gasteiger partial charge >= 0.3 is 0 Å². The number of benzene rings is 4. The molecule has 4 aromatic carbocycles. The van der Waals surface area contributed by atoms with E-state index in [0.29, 0.717) is 131 Å². The molecule has 0 spiro atoms. The number of halogens is 2. The van der Waals surface area contributed by atoms with E-state index in [4.69, 9.17) is 23.7 Å². The minimum absolute atomic E-state index is 0.00951. The second-order valence-corrected chi connectivity index (χ2v) is 18.8. The van der Waals surface area contributed by atoms with Gasteiger partial charge in [-0.25, -0.2) is 8.78 Å². The van der Waals surface area contributed by atoms with E-state index in [-0.39, 0.29) is 61.3 Å². The third-order valence-corrected chi connectivity index (χ3v) is 13.6. The summed E-state index contributed by atoms with van der Waals surface area (Å²) in [5.41, 5.74) is 4.86. The number of anilines is 4. The number of rotatable bonds is 24. The third-order valence-electron chi connectivity index (χ3n) is 13.6. The highest BCUT2D eigenvalue weighted by Gasteiger charge is 2.45. The van der Waals surface area contributed by atoms with Crippen LogP contribution in [0.1, 0.15) is 74.3 Å². The predicted molar refractivity (Wildman–Crippen MR) is 275 cm³/mol. The van der Waals surface area contributed by atoms with Crippen molar-refractivity contribution in [3.8, 4) is 0 Å². The van der Waals surface area contributed by atoms with Crippen molar-refractivity contribution in [2.75, 3.05) is 120 Å². The summed E-state index contributed by atoms with van der Waals surface area (Å²) in [7, 11) is 0. The summed E-state index contributed by atoms with van der Waals surface area (Å²) in [5.74, 6) is -3.54. The van der Waals surface area contributed by atoms with Crippen LogP contribution >= 0.6 is 0 Å². The molecule has 1 atom stereocenters. The van der Waals surface area contributed by atoms with Gasteiger partial charge < -0.3 is 49.4 Å². The van der Waals surface area contributed by atoms with Gasteiger partial charge in [-0.05, 0) is 91.4 Å². The van der Waals surface area contributed by atoms with Crippen LogP contribution in [0.3, 0.4) is 0 Å². The fourth-order valence-corrected chi connectivity index (χ4v) is 9.71. The average molecular weight is 1050 g/mol. The van der Waals surface area contributed by atoms with Crippen LogP contribution in [0.5, 0.6) is 0 Å². The van der Waals surface area contributed by atoms with E-state index in [1.165, 1.54) is 12.1 Å². The Morgan fingerprint density at radius 2 is 1.45 bits per heavy atom. The summed E-state index contributed by atoms with van der Waals surface area (Å²) >= 11 is 0. The number of fused-ring (bicyclic) bond motifs is 2. The van der Waals surface area contributed by atoms with Crippen LogP contribution in [-0.2, 0) is 44.5 Å². The van der Waals surface area contributed by atoms with Crippen LogP contribution in [0.4, 0.5) is 31.7 Å². The first kappa shape index (κ1) is 53.5. The molecular weight excluding hydrogens is 989 g/mol. The van der Waals surface area contributed by atoms with Gasteiger partial charge in [0.2, 0.25) is 17.7 Å². The molecule has 76 heavy (non-hydrogen) atoms. The number of imide groups is 2. The first-order valence-corrected chi connectivity index (χ1v) is 25.6. The van der Waals surface area contributed by atoms with Gasteiger partial charge in [-0.15, -0.1) is 0 Å². The summed E-state index contributed by atoms with van der Waals surface area (Å²) in [6, 6.07) is 18.6. The molecule has 4 aliphatic rings. The topological polar surface area (TPSA) is 235 Å². The zero-order valence-electron chi connectivity index (χ0n) is 42.0. The molecule has 20 nitrogen and oxygen atoms in total. The molecule has 3 fully saturated rings. The van der Waals surface area contributed by atoms with Gasteiger partial charge in [0.25, 0.3) is 17.7 Å². The Morgan fingerprint density at radius 1 is 0.737 bits per heavy atom. The van der Waals surface area contributed by atoms with E-state index in [2.05, 4.69) is 36.4 Å². The number of carbonyl (C=O) groups excluding carboxylic acids is 6. The summed E-state index contributed by atoms with van der Waals surface area (Å²) in [5, 5.41) is 19.9. The summed E-state index contributed by atoms with van der Waals surface area (Å²) < 4.78 is 55.9. The summed E-state index contributed by atoms with van der Waals surface area (Å²) in [4.78, 5) is 82.4. The maximum atomic E-state index is 14.0. The van der Waals surface area contributed by atoms with E-state index >= 15 is 0 Å². The molecule has 4 aliphatic heterocycles. The number of aromatic nitrogens is 2. The van der Waals surface area contributed by atoms with Crippen molar-refractivity contribution < 1.29 is 61.2 Å². The third kappa shape index (κ3) is 13.3. The summed E-state index contributed by atoms with van der Waals surface area (Å²) in [6.45, 7) is 6.49. The lowest BCUT2D eigenvalue weighted by Gasteiger charge is -2.36. The van der Waals surface area contributed by atoms with Crippen LogP contribution in [0.15, 0.2) is 72.8 Å². The van der Waals surface area contributed by atoms with Crippen molar-refractivity contribution in [2.45, 2.75) is 50.6 Å². The molecule has 3 saturated heterocycles. The Labute approximate surface area is 437 Å². The average Bonchev–Trinajstić information content (AvgIpc) is 3.94. The monoisotopic (exact) mass is 1050 g/mol. The molecular formula is C54H61F2N9O11. The Hall–Kier alpha value is -7.37. The fraction of sp³-hybridized carbons (Fsp3) is 0.426. The Bertz CT molecular complexity index is 2900. The van der Waals surface area contributed by atoms with Gasteiger partial charge in [-0.1, -0.05) is 12.1 Å². The van der Waals surface area contributed by atoms with E-state index in [0.717, 1.165) is 35.1 Å². The fourth-order valence-electron chi connectivity index (χ4n) is 9.71. The molecule has 9 rings (SSSR count). The number of carbonyl (C=O) groups is 6. The molecule has 0 radical (unpaired) electrons. The van der Waals surface area contributed by atoms with E-state index < -0.39 is 41.3 Å². The maximum Gasteiger partial charge on any atom is 0.264 e. The Morgan fingerprint density at radius 3 is 2.17 bits per heavy atom. The first-order chi connectivity index (χ1) is 37.0. The minimum atomic E-state index is -1.04. The van der Waals surface area contributed by atoms with Crippen molar-refractivity contribution >= 4 is 69.2 Å². The molecule has 0 aliphatic carbocycles. The lowest BCUT2D eigenvalue weighted by molar-refractivity contribution is -0.136. The van der Waals surface area contributed by atoms with Crippen molar-refractivity contribution in [1.82, 2.24) is 25.3 Å². The van der Waals surface area contributed by atoms with Crippen molar-refractivity contribution in [2.24, 2.45) is 0 Å². The normalized spacial score (nSPS) is 17.1. The second-order valence-electron chi connectivity index (χ2n) is 18.8. The molecule has 0 saturated carbocycles. The SMILES string of the molecule is O=C1CCC(N2C(=O)c3cccc(NCCOCCOCCOCCOCCC(=O)N4CCN(c5ccc(C(=O)Nc6n[nH]c7ccc(Cc8cc(F)cc(F)c8)cc67)c(NC6CCOCC6)c5)CC4)c3C2=O)C(=O)N1. The number of nitrogens with one attached hydrogen (secondary N) is 5. The maximum absolute atomic E-state index is 14.0. The molecule has 1 unspecified atom stereocenters. The standard InChI is InChI=1S/C54H61F2N9O11/c55-36-29-35(30-37(56)32-36)28-34-4-7-43-42(31-34)50(62-61-43)60-51(68)40-6-5-39(33-45(40)58-38-10-18-72-19-11-38)63-14-16-64(17-15-63)48(67)12-20-73-22-24-75-26-27-76-25-23-74-21-13-57-44-3-1-2-41-49(44)54(71)65(53(41)70)46-8-9-47(66)59-52(46)69/h1-7,29-33,38,46,57-58H,8-28H2,(H,59,66,69)(H2,60,61,62,68). The van der Waals surface area contributed by atoms with Gasteiger partial charge in [-0.3, -0.25) is 44.1 Å². The number of ether oxygens (including phenoxy) is 5. The van der Waals surface area contributed by atoms with Crippen LogP contribution in [0.2, 0.25) is 0 Å². The van der Waals surface area contributed by atoms with Crippen LogP contribution < -0.4 is 26.2 Å². The molecule has 1 aromatic heterocycles. The van der Waals surface area contributed by atoms with Crippen LogP contribution in [0, 0.1) is 11.6 Å². The lowest BCUT2D eigenvalue weighted by atomic mass is 10.0. The van der Waals surface area contributed by atoms with Gasteiger partial charge in [-0.2, -0.15) is 5.10 Å².